The van der Waals surface area contributed by atoms with Gasteiger partial charge in [0.2, 0.25) is 6.20 Å². The second-order valence-electron chi connectivity index (χ2n) is 5.20. The summed E-state index contributed by atoms with van der Waals surface area (Å²) in [5.74, 6) is 1.81. The Morgan fingerprint density at radius 3 is 2.48 bits per heavy atom. The van der Waals surface area contributed by atoms with Crippen LogP contribution in [0.15, 0.2) is 60.9 Å². The molecule has 2 aromatic carbocycles. The third-order valence-electron chi connectivity index (χ3n) is 3.70. The topological polar surface area (TPSA) is 22.3 Å². The smallest absolute Gasteiger partial charge is 0.212 e. The zero-order valence-electron chi connectivity index (χ0n) is 11.7. The molecule has 0 bridgehead atoms. The van der Waals surface area contributed by atoms with Gasteiger partial charge >= 0.3 is 0 Å². The van der Waals surface area contributed by atoms with E-state index in [-0.39, 0.29) is 0 Å². The van der Waals surface area contributed by atoms with E-state index in [2.05, 4.69) is 47.3 Å². The Morgan fingerprint density at radius 2 is 1.62 bits per heavy atom. The molecule has 0 unspecified atom stereocenters. The minimum Gasteiger partial charge on any atom is -0.489 e. The van der Waals surface area contributed by atoms with Crippen LogP contribution in [-0.4, -0.2) is 13.2 Å². The number of rotatable bonds is 2. The summed E-state index contributed by atoms with van der Waals surface area (Å²) < 4.78 is 13.8. The second kappa shape index (κ2) is 5.09. The largest absolute Gasteiger partial charge is 0.489 e. The van der Waals surface area contributed by atoms with Crippen LogP contribution in [0.2, 0.25) is 0 Å². The van der Waals surface area contributed by atoms with E-state index >= 15 is 0 Å². The maximum absolute atomic E-state index is 5.85. The van der Waals surface area contributed by atoms with Crippen molar-refractivity contribution in [2.75, 3.05) is 13.2 Å². The normalized spacial score (nSPS) is 13.3. The SMILES string of the molecule is c1ccc(C[n+]2cc3c4c(cccc4c2)OCCO3)cc1. The van der Waals surface area contributed by atoms with Gasteiger partial charge in [-0.2, -0.15) is 4.57 Å². The molecule has 2 heterocycles. The molecule has 21 heavy (non-hydrogen) atoms. The molecule has 104 valence electrons. The van der Waals surface area contributed by atoms with Crippen LogP contribution in [0.5, 0.6) is 11.5 Å². The fourth-order valence-electron chi connectivity index (χ4n) is 2.77. The summed E-state index contributed by atoms with van der Waals surface area (Å²) in [7, 11) is 0. The van der Waals surface area contributed by atoms with Crippen LogP contribution in [0, 0.1) is 0 Å². The van der Waals surface area contributed by atoms with Gasteiger partial charge in [0.25, 0.3) is 0 Å². The average molecular weight is 278 g/mol. The molecule has 0 aliphatic carbocycles. The number of pyridine rings is 1. The Labute approximate surface area is 123 Å². The summed E-state index contributed by atoms with van der Waals surface area (Å²) in [6.45, 7) is 2.00. The first kappa shape index (κ1) is 12.2. The van der Waals surface area contributed by atoms with E-state index in [0.717, 1.165) is 28.8 Å². The third kappa shape index (κ3) is 2.31. The molecular weight excluding hydrogens is 262 g/mol. The Morgan fingerprint density at radius 1 is 0.810 bits per heavy atom. The summed E-state index contributed by atoms with van der Waals surface area (Å²) in [6.07, 6.45) is 4.21. The Kier molecular flexibility index (Phi) is 2.96. The minimum absolute atomic E-state index is 0.582. The molecule has 0 atom stereocenters. The van der Waals surface area contributed by atoms with Crippen molar-refractivity contribution < 1.29 is 14.0 Å². The number of aromatic nitrogens is 1. The van der Waals surface area contributed by atoms with Crippen LogP contribution < -0.4 is 14.0 Å². The highest BCUT2D eigenvalue weighted by atomic mass is 16.5. The van der Waals surface area contributed by atoms with Crippen molar-refractivity contribution in [3.05, 3.63) is 66.5 Å². The van der Waals surface area contributed by atoms with Crippen LogP contribution >= 0.6 is 0 Å². The van der Waals surface area contributed by atoms with E-state index in [1.807, 2.05) is 18.2 Å². The summed E-state index contributed by atoms with van der Waals surface area (Å²) in [5, 5.41) is 2.21. The highest BCUT2D eigenvalue weighted by molar-refractivity contribution is 5.92. The fourth-order valence-corrected chi connectivity index (χ4v) is 2.77. The number of hydrogen-bond donors (Lipinski definition) is 0. The van der Waals surface area contributed by atoms with Gasteiger partial charge in [0.05, 0.1) is 10.8 Å². The van der Waals surface area contributed by atoms with E-state index in [4.69, 9.17) is 9.47 Å². The van der Waals surface area contributed by atoms with Crippen molar-refractivity contribution in [3.63, 3.8) is 0 Å². The lowest BCUT2D eigenvalue weighted by Gasteiger charge is -2.06. The van der Waals surface area contributed by atoms with Crippen molar-refractivity contribution in [2.45, 2.75) is 6.54 Å². The summed E-state index contributed by atoms with van der Waals surface area (Å²) in [4.78, 5) is 0. The highest BCUT2D eigenvalue weighted by Crippen LogP contribution is 2.34. The molecule has 0 saturated heterocycles. The van der Waals surface area contributed by atoms with E-state index in [0.29, 0.717) is 13.2 Å². The van der Waals surface area contributed by atoms with Crippen molar-refractivity contribution in [3.8, 4) is 11.5 Å². The number of benzene rings is 2. The first-order chi connectivity index (χ1) is 10.4. The van der Waals surface area contributed by atoms with Gasteiger partial charge in [0, 0.05) is 5.56 Å². The van der Waals surface area contributed by atoms with Crippen molar-refractivity contribution in [1.29, 1.82) is 0 Å². The highest BCUT2D eigenvalue weighted by Gasteiger charge is 2.18. The van der Waals surface area contributed by atoms with Gasteiger partial charge in [0.1, 0.15) is 19.0 Å². The molecule has 1 aliphatic heterocycles. The Bertz CT molecular complexity index is 784. The quantitative estimate of drug-likeness (QED) is 0.672. The zero-order chi connectivity index (χ0) is 14.1. The maximum Gasteiger partial charge on any atom is 0.212 e. The molecule has 0 spiro atoms. The molecule has 0 fully saturated rings. The zero-order valence-corrected chi connectivity index (χ0v) is 11.7. The van der Waals surface area contributed by atoms with Gasteiger partial charge in [-0.15, -0.1) is 0 Å². The average Bonchev–Trinajstić information content (AvgIpc) is 2.72. The number of ether oxygens (including phenoxy) is 2. The number of nitrogens with zero attached hydrogens (tertiary/aromatic N) is 1. The Balaban J connectivity index is 1.83. The first-order valence-electron chi connectivity index (χ1n) is 7.15. The van der Waals surface area contributed by atoms with Gasteiger partial charge in [-0.1, -0.05) is 36.4 Å². The monoisotopic (exact) mass is 278 g/mol. The van der Waals surface area contributed by atoms with E-state index < -0.39 is 0 Å². The van der Waals surface area contributed by atoms with Gasteiger partial charge in [-0.3, -0.25) is 0 Å². The molecule has 1 aliphatic rings. The molecule has 3 heteroatoms. The van der Waals surface area contributed by atoms with Crippen LogP contribution in [0.1, 0.15) is 5.56 Å². The van der Waals surface area contributed by atoms with E-state index in [9.17, 15) is 0 Å². The predicted molar refractivity (Wildman–Crippen MR) is 80.7 cm³/mol. The van der Waals surface area contributed by atoms with Gasteiger partial charge < -0.3 is 9.47 Å². The maximum atomic E-state index is 5.85. The van der Waals surface area contributed by atoms with Crippen LogP contribution in [0.25, 0.3) is 10.8 Å². The van der Waals surface area contributed by atoms with E-state index in [1.165, 1.54) is 5.56 Å². The van der Waals surface area contributed by atoms with Crippen LogP contribution in [-0.2, 0) is 6.54 Å². The van der Waals surface area contributed by atoms with Crippen LogP contribution in [0.3, 0.4) is 0 Å². The lowest BCUT2D eigenvalue weighted by Crippen LogP contribution is -2.33. The molecule has 0 amide bonds. The molecule has 4 rings (SSSR count). The molecule has 0 N–H and O–H groups in total. The van der Waals surface area contributed by atoms with Crippen molar-refractivity contribution in [2.24, 2.45) is 0 Å². The molecular formula is C18H16NO2+. The van der Waals surface area contributed by atoms with E-state index in [1.54, 1.807) is 0 Å². The molecule has 0 saturated carbocycles. The Hall–Kier alpha value is -2.55. The van der Waals surface area contributed by atoms with Gasteiger partial charge in [-0.25, -0.2) is 0 Å². The molecule has 3 nitrogen and oxygen atoms in total. The minimum atomic E-state index is 0.582. The predicted octanol–water partition coefficient (Wildman–Crippen LogP) is 2.95. The molecule has 3 aromatic rings. The summed E-state index contributed by atoms with van der Waals surface area (Å²) in [6, 6.07) is 16.6. The summed E-state index contributed by atoms with van der Waals surface area (Å²) >= 11 is 0. The lowest BCUT2D eigenvalue weighted by atomic mass is 10.1. The number of hydrogen-bond acceptors (Lipinski definition) is 2. The lowest BCUT2D eigenvalue weighted by molar-refractivity contribution is -0.687. The summed E-state index contributed by atoms with van der Waals surface area (Å²) in [5.41, 5.74) is 1.27. The second-order valence-corrected chi connectivity index (χ2v) is 5.20. The van der Waals surface area contributed by atoms with Crippen molar-refractivity contribution >= 4 is 10.8 Å². The standard InChI is InChI=1S/C18H16NO2/c1-2-5-14(6-3-1)11-19-12-15-7-4-8-16-18(15)17(13-19)21-10-9-20-16/h1-8,12-13H,9-11H2/q+1. The van der Waals surface area contributed by atoms with Gasteiger partial charge in [0.15, 0.2) is 18.5 Å². The molecule has 1 aromatic heterocycles. The van der Waals surface area contributed by atoms with Crippen LogP contribution in [0.4, 0.5) is 0 Å². The third-order valence-corrected chi connectivity index (χ3v) is 3.70. The van der Waals surface area contributed by atoms with Crippen molar-refractivity contribution in [1.82, 2.24) is 0 Å². The first-order valence-corrected chi connectivity index (χ1v) is 7.15. The fraction of sp³-hybridized carbons (Fsp3) is 0.167. The molecule has 0 radical (unpaired) electrons. The van der Waals surface area contributed by atoms with Gasteiger partial charge in [-0.05, 0) is 12.1 Å².